The second-order valence-corrected chi connectivity index (χ2v) is 4.26. The van der Waals surface area contributed by atoms with Crippen molar-refractivity contribution in [3.63, 3.8) is 0 Å². The van der Waals surface area contributed by atoms with E-state index in [-0.39, 0.29) is 5.75 Å². The van der Waals surface area contributed by atoms with E-state index in [1.165, 1.54) is 12.1 Å². The third-order valence-electron chi connectivity index (χ3n) is 2.69. The Balaban J connectivity index is 2.00. The molecule has 1 heterocycles. The van der Waals surface area contributed by atoms with Crippen LogP contribution in [0.25, 0.3) is 11.3 Å². The van der Waals surface area contributed by atoms with Crippen LogP contribution in [0.3, 0.4) is 0 Å². The van der Waals surface area contributed by atoms with Crippen LogP contribution in [0.2, 0.25) is 0 Å². The Hall–Kier alpha value is -1.99. The summed E-state index contributed by atoms with van der Waals surface area (Å²) in [6, 6.07) is 8.04. The Kier molecular flexibility index (Phi) is 5.65. The maximum absolute atomic E-state index is 12.2. The average molecular weight is 298 g/mol. The van der Waals surface area contributed by atoms with Crippen molar-refractivity contribution in [3.8, 4) is 17.1 Å². The van der Waals surface area contributed by atoms with Crippen molar-refractivity contribution in [2.45, 2.75) is 13.2 Å². The summed E-state index contributed by atoms with van der Waals surface area (Å²) in [6.07, 6.45) is 0. The first-order chi connectivity index (χ1) is 10.2. The zero-order valence-electron chi connectivity index (χ0n) is 11.5. The van der Waals surface area contributed by atoms with Crippen molar-refractivity contribution in [2.75, 3.05) is 20.3 Å². The zero-order chi connectivity index (χ0) is 15.1. The van der Waals surface area contributed by atoms with E-state index in [9.17, 15) is 8.78 Å². The van der Waals surface area contributed by atoms with E-state index in [2.05, 4.69) is 15.2 Å². The van der Waals surface area contributed by atoms with Gasteiger partial charge in [0, 0.05) is 31.8 Å². The lowest BCUT2D eigenvalue weighted by Crippen LogP contribution is -2.18. The molecule has 1 aromatic heterocycles. The molecule has 0 aliphatic carbocycles. The molecule has 0 amide bonds. The molecule has 0 bridgehead atoms. The van der Waals surface area contributed by atoms with Crippen LogP contribution in [0, 0.1) is 0 Å². The molecule has 0 spiro atoms. The van der Waals surface area contributed by atoms with Gasteiger partial charge < -0.3 is 19.3 Å². The largest absolute Gasteiger partial charge is 0.435 e. The van der Waals surface area contributed by atoms with E-state index >= 15 is 0 Å². The second kappa shape index (κ2) is 7.70. The molecular weight excluding hydrogens is 282 g/mol. The van der Waals surface area contributed by atoms with E-state index in [0.717, 1.165) is 5.69 Å². The van der Waals surface area contributed by atoms with Crippen molar-refractivity contribution in [2.24, 2.45) is 0 Å². The molecular formula is C14H16F2N2O3. The number of alkyl halides is 2. The van der Waals surface area contributed by atoms with Gasteiger partial charge in [0.05, 0.1) is 12.3 Å². The predicted octanol–water partition coefficient (Wildman–Crippen LogP) is 2.68. The Morgan fingerprint density at radius 3 is 2.95 bits per heavy atom. The first-order valence-corrected chi connectivity index (χ1v) is 6.39. The van der Waals surface area contributed by atoms with Crippen LogP contribution in [0.5, 0.6) is 5.75 Å². The summed E-state index contributed by atoms with van der Waals surface area (Å²) in [7, 11) is 1.63. The first kappa shape index (κ1) is 15.4. The fourth-order valence-corrected chi connectivity index (χ4v) is 1.75. The molecule has 0 saturated carbocycles. The first-order valence-electron chi connectivity index (χ1n) is 6.39. The topological polar surface area (TPSA) is 56.5 Å². The molecule has 2 aromatic rings. The van der Waals surface area contributed by atoms with Crippen molar-refractivity contribution >= 4 is 0 Å². The smallest absolute Gasteiger partial charge is 0.387 e. The monoisotopic (exact) mass is 298 g/mol. The minimum Gasteiger partial charge on any atom is -0.435 e. The van der Waals surface area contributed by atoms with Gasteiger partial charge in [0.15, 0.2) is 5.76 Å². The molecule has 0 saturated heterocycles. The molecule has 0 unspecified atom stereocenters. The van der Waals surface area contributed by atoms with E-state index in [4.69, 9.17) is 9.26 Å². The maximum atomic E-state index is 12.2. The van der Waals surface area contributed by atoms with Gasteiger partial charge in [0.2, 0.25) is 0 Å². The highest BCUT2D eigenvalue weighted by molar-refractivity contribution is 5.59. The molecule has 0 radical (unpaired) electrons. The zero-order valence-corrected chi connectivity index (χ0v) is 11.5. The number of nitrogens with one attached hydrogen (secondary N) is 1. The molecule has 2 rings (SSSR count). The summed E-state index contributed by atoms with van der Waals surface area (Å²) < 4.78 is 38.8. The number of aromatic nitrogens is 1. The third kappa shape index (κ3) is 4.80. The minimum absolute atomic E-state index is 0.0821. The van der Waals surface area contributed by atoms with Crippen molar-refractivity contribution in [1.29, 1.82) is 0 Å². The Labute approximate surface area is 120 Å². The SMILES string of the molecule is COCCNCc1cc(-c2cccc(OC(F)F)c2)on1. The molecule has 21 heavy (non-hydrogen) atoms. The lowest BCUT2D eigenvalue weighted by molar-refractivity contribution is -0.0498. The van der Waals surface area contributed by atoms with Gasteiger partial charge in [-0.15, -0.1) is 0 Å². The number of rotatable bonds is 8. The molecule has 114 valence electrons. The number of hydrogen-bond acceptors (Lipinski definition) is 5. The van der Waals surface area contributed by atoms with Crippen LogP contribution < -0.4 is 10.1 Å². The number of nitrogens with zero attached hydrogens (tertiary/aromatic N) is 1. The van der Waals surface area contributed by atoms with E-state index < -0.39 is 6.61 Å². The lowest BCUT2D eigenvalue weighted by Gasteiger charge is -2.04. The lowest BCUT2D eigenvalue weighted by atomic mass is 10.1. The van der Waals surface area contributed by atoms with Gasteiger partial charge in [0.25, 0.3) is 0 Å². The van der Waals surface area contributed by atoms with Gasteiger partial charge in [-0.25, -0.2) is 0 Å². The Morgan fingerprint density at radius 1 is 1.33 bits per heavy atom. The predicted molar refractivity (Wildman–Crippen MR) is 72.2 cm³/mol. The number of halogens is 2. The van der Waals surface area contributed by atoms with Crippen molar-refractivity contribution in [1.82, 2.24) is 10.5 Å². The van der Waals surface area contributed by atoms with Gasteiger partial charge in [0.1, 0.15) is 5.75 Å². The standard InChI is InChI=1S/C14H16F2N2O3/c1-19-6-5-17-9-11-8-13(21-18-11)10-3-2-4-12(7-10)20-14(15)16/h2-4,7-8,14,17H,5-6,9H2,1H3. The van der Waals surface area contributed by atoms with Gasteiger partial charge in [-0.05, 0) is 12.1 Å². The Bertz CT molecular complexity index is 561. The summed E-state index contributed by atoms with van der Waals surface area (Å²) in [5.74, 6) is 0.580. The average Bonchev–Trinajstić information content (AvgIpc) is 2.92. The minimum atomic E-state index is -2.85. The number of hydrogen-bond donors (Lipinski definition) is 1. The van der Waals surface area contributed by atoms with Crippen LogP contribution in [0.15, 0.2) is 34.9 Å². The van der Waals surface area contributed by atoms with E-state index in [1.54, 1.807) is 25.3 Å². The normalized spacial score (nSPS) is 11.0. The molecule has 1 N–H and O–H groups in total. The molecule has 0 atom stereocenters. The second-order valence-electron chi connectivity index (χ2n) is 4.26. The van der Waals surface area contributed by atoms with Gasteiger partial charge in [-0.2, -0.15) is 8.78 Å². The van der Waals surface area contributed by atoms with Crippen LogP contribution in [-0.4, -0.2) is 32.0 Å². The van der Waals surface area contributed by atoms with E-state index in [1.807, 2.05) is 0 Å². The van der Waals surface area contributed by atoms with Crippen LogP contribution >= 0.6 is 0 Å². The summed E-state index contributed by atoms with van der Waals surface area (Å²) in [6.45, 7) is -0.996. The van der Waals surface area contributed by atoms with E-state index in [0.29, 0.717) is 31.0 Å². The maximum Gasteiger partial charge on any atom is 0.387 e. The molecule has 1 aromatic carbocycles. The fraction of sp³-hybridized carbons (Fsp3) is 0.357. The van der Waals surface area contributed by atoms with Crippen LogP contribution in [-0.2, 0) is 11.3 Å². The number of ether oxygens (including phenoxy) is 2. The molecule has 7 heteroatoms. The summed E-state index contributed by atoms with van der Waals surface area (Å²) in [5.41, 5.74) is 1.35. The van der Waals surface area contributed by atoms with Gasteiger partial charge >= 0.3 is 6.61 Å². The highest BCUT2D eigenvalue weighted by Crippen LogP contribution is 2.25. The summed E-state index contributed by atoms with van der Waals surface area (Å²) in [4.78, 5) is 0. The van der Waals surface area contributed by atoms with Crippen LogP contribution in [0.1, 0.15) is 5.69 Å². The number of methoxy groups -OCH3 is 1. The van der Waals surface area contributed by atoms with Crippen molar-refractivity contribution < 1.29 is 22.8 Å². The summed E-state index contributed by atoms with van der Waals surface area (Å²) >= 11 is 0. The quantitative estimate of drug-likeness (QED) is 0.759. The van der Waals surface area contributed by atoms with Crippen molar-refractivity contribution in [3.05, 3.63) is 36.0 Å². The molecule has 5 nitrogen and oxygen atoms in total. The molecule has 0 fully saturated rings. The highest BCUT2D eigenvalue weighted by Gasteiger charge is 2.09. The van der Waals surface area contributed by atoms with Crippen LogP contribution in [0.4, 0.5) is 8.78 Å². The Morgan fingerprint density at radius 2 is 2.19 bits per heavy atom. The fourth-order valence-electron chi connectivity index (χ4n) is 1.75. The summed E-state index contributed by atoms with van der Waals surface area (Å²) in [5, 5.41) is 7.05. The number of benzene rings is 1. The van der Waals surface area contributed by atoms with Gasteiger partial charge in [-0.1, -0.05) is 17.3 Å². The third-order valence-corrected chi connectivity index (χ3v) is 2.69. The van der Waals surface area contributed by atoms with Gasteiger partial charge in [-0.3, -0.25) is 0 Å². The highest BCUT2D eigenvalue weighted by atomic mass is 19.3. The molecule has 0 aliphatic heterocycles. The molecule has 0 aliphatic rings.